The molecule has 15 heavy (non-hydrogen) atoms. The van der Waals surface area contributed by atoms with E-state index in [-0.39, 0.29) is 12.7 Å². The van der Waals surface area contributed by atoms with Crippen LogP contribution >= 0.6 is 0 Å². The van der Waals surface area contributed by atoms with E-state index in [0.717, 1.165) is 12.8 Å². The Kier molecular flexibility index (Phi) is 11.7. The van der Waals surface area contributed by atoms with E-state index in [1.165, 1.54) is 0 Å². The summed E-state index contributed by atoms with van der Waals surface area (Å²) >= 11 is 0. The zero-order valence-electron chi connectivity index (χ0n) is 9.84. The highest BCUT2D eigenvalue weighted by Gasteiger charge is 2.09. The molecule has 0 aromatic carbocycles. The van der Waals surface area contributed by atoms with Gasteiger partial charge in [-0.05, 0) is 12.8 Å². The van der Waals surface area contributed by atoms with Crippen molar-refractivity contribution in [3.05, 3.63) is 0 Å². The van der Waals surface area contributed by atoms with Crippen LogP contribution in [0, 0.1) is 0 Å². The maximum Gasteiger partial charge on any atom is 0.113 e. The fraction of sp³-hybridized carbons (Fsp3) is 1.00. The lowest BCUT2D eigenvalue weighted by Crippen LogP contribution is -2.27. The van der Waals surface area contributed by atoms with Crippen molar-refractivity contribution >= 4 is 0 Å². The monoisotopic (exact) mass is 222 g/mol. The van der Waals surface area contributed by atoms with Gasteiger partial charge in [-0.3, -0.25) is 0 Å². The van der Waals surface area contributed by atoms with Crippen LogP contribution in [0.1, 0.15) is 26.7 Å². The summed E-state index contributed by atoms with van der Waals surface area (Å²) in [5, 5.41) is 0. The zero-order chi connectivity index (χ0) is 11.4. The first-order chi connectivity index (χ1) is 7.35. The smallest absolute Gasteiger partial charge is 0.113 e. The van der Waals surface area contributed by atoms with E-state index in [0.29, 0.717) is 26.4 Å². The number of rotatable bonds is 11. The molecule has 0 N–H and O–H groups in total. The highest BCUT2D eigenvalue weighted by Crippen LogP contribution is 1.97. The average molecular weight is 222 g/mol. The number of ether oxygens (including phenoxy) is 3. The third-order valence-corrected chi connectivity index (χ3v) is 1.74. The molecule has 0 saturated carbocycles. The maximum atomic E-state index is 11.9. The molecule has 3 nitrogen and oxygen atoms in total. The molecule has 0 aliphatic carbocycles. The van der Waals surface area contributed by atoms with Crippen LogP contribution in [0.2, 0.25) is 0 Å². The Morgan fingerprint density at radius 2 is 1.47 bits per heavy atom. The molecule has 0 atom stereocenters. The molecule has 0 saturated heterocycles. The molecule has 0 heterocycles. The Morgan fingerprint density at radius 1 is 0.933 bits per heavy atom. The molecule has 0 aromatic heterocycles. The van der Waals surface area contributed by atoms with Gasteiger partial charge in [0.25, 0.3) is 0 Å². The molecule has 0 aliphatic heterocycles. The van der Waals surface area contributed by atoms with Gasteiger partial charge in [0.1, 0.15) is 12.8 Å². The minimum atomic E-state index is -0.460. The first-order valence-electron chi connectivity index (χ1n) is 5.68. The van der Waals surface area contributed by atoms with Gasteiger partial charge in [-0.1, -0.05) is 13.8 Å². The van der Waals surface area contributed by atoms with Crippen molar-refractivity contribution in [3.8, 4) is 0 Å². The van der Waals surface area contributed by atoms with Crippen LogP contribution in [0.25, 0.3) is 0 Å². The second-order valence-electron chi connectivity index (χ2n) is 3.33. The second-order valence-corrected chi connectivity index (χ2v) is 3.33. The Labute approximate surface area is 91.9 Å². The molecule has 0 amide bonds. The SMILES string of the molecule is CCCOCC(COCCC)OCCF. The highest BCUT2D eigenvalue weighted by molar-refractivity contribution is 4.55. The Bertz CT molecular complexity index is 112. The zero-order valence-corrected chi connectivity index (χ0v) is 9.84. The molecule has 0 fully saturated rings. The molecule has 0 radical (unpaired) electrons. The van der Waals surface area contributed by atoms with E-state index in [1.807, 2.05) is 13.8 Å². The number of hydrogen-bond acceptors (Lipinski definition) is 3. The predicted molar refractivity (Wildman–Crippen MR) is 57.9 cm³/mol. The van der Waals surface area contributed by atoms with Crippen LogP contribution in [-0.4, -0.2) is 45.8 Å². The molecule has 0 aliphatic rings. The number of hydrogen-bond donors (Lipinski definition) is 0. The molecule has 0 spiro atoms. The summed E-state index contributed by atoms with van der Waals surface area (Å²) in [5.41, 5.74) is 0. The fourth-order valence-corrected chi connectivity index (χ4v) is 1.07. The quantitative estimate of drug-likeness (QED) is 0.502. The Morgan fingerprint density at radius 3 is 1.87 bits per heavy atom. The third kappa shape index (κ3) is 10.1. The summed E-state index contributed by atoms with van der Waals surface area (Å²) < 4.78 is 27.9. The van der Waals surface area contributed by atoms with Crippen LogP contribution < -0.4 is 0 Å². The van der Waals surface area contributed by atoms with Crippen LogP contribution in [0.15, 0.2) is 0 Å². The summed E-state index contributed by atoms with van der Waals surface area (Å²) in [6, 6.07) is 0. The Balaban J connectivity index is 3.53. The molecular formula is C11H23FO3. The topological polar surface area (TPSA) is 27.7 Å². The normalized spacial score (nSPS) is 11.2. The minimum absolute atomic E-state index is 0.121. The molecule has 0 rings (SSSR count). The summed E-state index contributed by atoms with van der Waals surface area (Å²) in [7, 11) is 0. The van der Waals surface area contributed by atoms with Gasteiger partial charge in [0.05, 0.1) is 19.8 Å². The van der Waals surface area contributed by atoms with Gasteiger partial charge in [0, 0.05) is 13.2 Å². The third-order valence-electron chi connectivity index (χ3n) is 1.74. The van der Waals surface area contributed by atoms with E-state index in [2.05, 4.69) is 0 Å². The lowest BCUT2D eigenvalue weighted by Gasteiger charge is -2.17. The van der Waals surface area contributed by atoms with Crippen molar-refractivity contribution < 1.29 is 18.6 Å². The first kappa shape index (κ1) is 14.8. The standard InChI is InChI=1S/C11H23FO3/c1-3-6-13-9-11(15-8-5-12)10-14-7-4-2/h11H,3-10H2,1-2H3. The van der Waals surface area contributed by atoms with E-state index in [4.69, 9.17) is 14.2 Å². The van der Waals surface area contributed by atoms with E-state index in [9.17, 15) is 4.39 Å². The lowest BCUT2D eigenvalue weighted by molar-refractivity contribution is -0.0622. The van der Waals surface area contributed by atoms with Gasteiger partial charge in [-0.2, -0.15) is 0 Å². The fourth-order valence-electron chi connectivity index (χ4n) is 1.07. The number of alkyl halides is 1. The van der Waals surface area contributed by atoms with Crippen molar-refractivity contribution in [2.24, 2.45) is 0 Å². The molecular weight excluding hydrogens is 199 g/mol. The summed E-state index contributed by atoms with van der Waals surface area (Å²) in [4.78, 5) is 0. The molecule has 4 heteroatoms. The molecule has 0 aromatic rings. The van der Waals surface area contributed by atoms with Crippen LogP contribution in [0.5, 0.6) is 0 Å². The van der Waals surface area contributed by atoms with Crippen molar-refractivity contribution in [1.82, 2.24) is 0 Å². The maximum absolute atomic E-state index is 11.9. The molecule has 0 unspecified atom stereocenters. The van der Waals surface area contributed by atoms with Crippen molar-refractivity contribution in [2.75, 3.05) is 39.7 Å². The van der Waals surface area contributed by atoms with E-state index in [1.54, 1.807) is 0 Å². The van der Waals surface area contributed by atoms with Crippen molar-refractivity contribution in [2.45, 2.75) is 32.8 Å². The van der Waals surface area contributed by atoms with Crippen molar-refractivity contribution in [3.63, 3.8) is 0 Å². The lowest BCUT2D eigenvalue weighted by atomic mass is 10.4. The van der Waals surface area contributed by atoms with Gasteiger partial charge >= 0.3 is 0 Å². The van der Waals surface area contributed by atoms with E-state index >= 15 is 0 Å². The van der Waals surface area contributed by atoms with Gasteiger partial charge in [0.2, 0.25) is 0 Å². The number of halogens is 1. The average Bonchev–Trinajstić information content (AvgIpc) is 2.25. The van der Waals surface area contributed by atoms with Crippen LogP contribution in [-0.2, 0) is 14.2 Å². The largest absolute Gasteiger partial charge is 0.379 e. The van der Waals surface area contributed by atoms with Gasteiger partial charge in [0.15, 0.2) is 0 Å². The second kappa shape index (κ2) is 11.9. The van der Waals surface area contributed by atoms with Gasteiger partial charge in [-0.25, -0.2) is 4.39 Å². The highest BCUT2D eigenvalue weighted by atomic mass is 19.1. The first-order valence-corrected chi connectivity index (χ1v) is 5.68. The minimum Gasteiger partial charge on any atom is -0.379 e. The molecule has 92 valence electrons. The molecule has 0 bridgehead atoms. The summed E-state index contributed by atoms with van der Waals surface area (Å²) in [5.74, 6) is 0. The van der Waals surface area contributed by atoms with Gasteiger partial charge in [-0.15, -0.1) is 0 Å². The van der Waals surface area contributed by atoms with Crippen LogP contribution in [0.3, 0.4) is 0 Å². The Hall–Kier alpha value is -0.190. The van der Waals surface area contributed by atoms with Crippen molar-refractivity contribution in [1.29, 1.82) is 0 Å². The van der Waals surface area contributed by atoms with E-state index < -0.39 is 6.67 Å². The van der Waals surface area contributed by atoms with Gasteiger partial charge < -0.3 is 14.2 Å². The predicted octanol–water partition coefficient (Wildman–Crippen LogP) is 2.19. The van der Waals surface area contributed by atoms with Crippen LogP contribution in [0.4, 0.5) is 4.39 Å². The summed E-state index contributed by atoms with van der Waals surface area (Å²) in [6.45, 7) is 6.14. The summed E-state index contributed by atoms with van der Waals surface area (Å²) in [6.07, 6.45) is 1.82.